The Bertz CT molecular complexity index is 608. The highest BCUT2D eigenvalue weighted by molar-refractivity contribution is 9.12. The molecule has 18 heavy (non-hydrogen) atoms. The summed E-state index contributed by atoms with van der Waals surface area (Å²) in [6, 6.07) is 4.94. The van der Waals surface area contributed by atoms with Crippen LogP contribution in [0.1, 0.15) is 17.3 Å². The Morgan fingerprint density at radius 1 is 1.44 bits per heavy atom. The van der Waals surface area contributed by atoms with Gasteiger partial charge in [-0.15, -0.1) is 0 Å². The molecule has 98 valence electrons. The zero-order valence-electron chi connectivity index (χ0n) is 9.58. The zero-order chi connectivity index (χ0) is 14.1. The molecule has 0 aliphatic carbocycles. The van der Waals surface area contributed by atoms with Crippen LogP contribution in [0.4, 0.5) is 5.69 Å². The number of ketones is 1. The molecule has 0 fully saturated rings. The summed E-state index contributed by atoms with van der Waals surface area (Å²) in [5.41, 5.74) is -0.299. The molecule has 1 atom stereocenters. The van der Waals surface area contributed by atoms with Crippen molar-refractivity contribution < 1.29 is 18.1 Å². The SMILES string of the molecule is C[C@](Br)(C(=O)c1cccc([N+](=O)[O-])c1)S(C)(=O)=O. The molecule has 6 nitrogen and oxygen atoms in total. The average Bonchev–Trinajstić information content (AvgIpc) is 2.26. The van der Waals surface area contributed by atoms with Gasteiger partial charge < -0.3 is 0 Å². The highest BCUT2D eigenvalue weighted by Gasteiger charge is 2.41. The van der Waals surface area contributed by atoms with Gasteiger partial charge in [0.1, 0.15) is 0 Å². The van der Waals surface area contributed by atoms with Gasteiger partial charge in [-0.2, -0.15) is 0 Å². The lowest BCUT2D eigenvalue weighted by Gasteiger charge is -2.18. The van der Waals surface area contributed by atoms with Crippen molar-refractivity contribution in [2.24, 2.45) is 0 Å². The van der Waals surface area contributed by atoms with Crippen LogP contribution >= 0.6 is 15.9 Å². The molecule has 1 rings (SSSR count). The van der Waals surface area contributed by atoms with E-state index in [1.807, 2.05) is 0 Å². The summed E-state index contributed by atoms with van der Waals surface area (Å²) in [6.07, 6.45) is 0.914. The Hall–Kier alpha value is -1.28. The monoisotopic (exact) mass is 335 g/mol. The van der Waals surface area contributed by atoms with Gasteiger partial charge in [-0.25, -0.2) is 8.42 Å². The number of hydrogen-bond acceptors (Lipinski definition) is 5. The second-order valence-corrected chi connectivity index (χ2v) is 8.30. The van der Waals surface area contributed by atoms with Gasteiger partial charge in [0.05, 0.1) is 4.92 Å². The molecule has 1 aromatic carbocycles. The predicted octanol–water partition coefficient (Wildman–Crippen LogP) is 1.93. The Morgan fingerprint density at radius 3 is 2.44 bits per heavy atom. The summed E-state index contributed by atoms with van der Waals surface area (Å²) in [5, 5.41) is 10.6. The zero-order valence-corrected chi connectivity index (χ0v) is 12.0. The number of carbonyl (C=O) groups excluding carboxylic acids is 1. The number of rotatable bonds is 4. The Labute approximate surface area is 112 Å². The fraction of sp³-hybridized carbons (Fsp3) is 0.300. The molecule has 0 unspecified atom stereocenters. The molecule has 0 spiro atoms. The van der Waals surface area contributed by atoms with Crippen LogP contribution < -0.4 is 0 Å². The van der Waals surface area contributed by atoms with Crippen LogP contribution in [-0.2, 0) is 9.84 Å². The van der Waals surface area contributed by atoms with E-state index in [4.69, 9.17) is 0 Å². The van der Waals surface area contributed by atoms with Crippen molar-refractivity contribution in [2.45, 2.75) is 10.6 Å². The van der Waals surface area contributed by atoms with Crippen LogP contribution in [0.3, 0.4) is 0 Å². The maximum absolute atomic E-state index is 12.0. The largest absolute Gasteiger partial charge is 0.291 e. The summed E-state index contributed by atoms with van der Waals surface area (Å²) in [4.78, 5) is 22.0. The normalized spacial score (nSPS) is 14.8. The molecule has 0 saturated heterocycles. The van der Waals surface area contributed by atoms with Crippen molar-refractivity contribution in [2.75, 3.05) is 6.26 Å². The van der Waals surface area contributed by atoms with E-state index in [1.165, 1.54) is 25.1 Å². The van der Waals surface area contributed by atoms with Crippen molar-refractivity contribution in [1.29, 1.82) is 0 Å². The first-order valence-corrected chi connectivity index (χ1v) is 7.43. The lowest BCUT2D eigenvalue weighted by Crippen LogP contribution is -2.36. The van der Waals surface area contributed by atoms with Gasteiger partial charge in [0.25, 0.3) is 5.69 Å². The van der Waals surface area contributed by atoms with Crippen molar-refractivity contribution in [3.05, 3.63) is 39.9 Å². The maximum atomic E-state index is 12.0. The van der Waals surface area contributed by atoms with E-state index in [2.05, 4.69) is 15.9 Å². The molecule has 0 aromatic heterocycles. The molecule has 0 aliphatic heterocycles. The number of nitro benzene ring substituents is 1. The first-order chi connectivity index (χ1) is 8.07. The summed E-state index contributed by atoms with van der Waals surface area (Å²) in [6.45, 7) is 1.20. The molecule has 0 saturated carbocycles. The Kier molecular flexibility index (Phi) is 3.92. The topological polar surface area (TPSA) is 94.3 Å². The van der Waals surface area contributed by atoms with E-state index in [0.29, 0.717) is 0 Å². The van der Waals surface area contributed by atoms with Gasteiger partial charge in [-0.3, -0.25) is 14.9 Å². The number of sulfone groups is 1. The van der Waals surface area contributed by atoms with Crippen LogP contribution in [0.15, 0.2) is 24.3 Å². The molecular formula is C10H10BrNO5S. The van der Waals surface area contributed by atoms with Gasteiger partial charge >= 0.3 is 0 Å². The van der Waals surface area contributed by atoms with E-state index in [0.717, 1.165) is 12.3 Å². The molecule has 8 heteroatoms. The van der Waals surface area contributed by atoms with E-state index in [1.54, 1.807) is 0 Å². The second kappa shape index (κ2) is 4.77. The predicted molar refractivity (Wildman–Crippen MR) is 69.6 cm³/mol. The first kappa shape index (κ1) is 14.8. The second-order valence-electron chi connectivity index (χ2n) is 3.83. The minimum Gasteiger partial charge on any atom is -0.291 e. The van der Waals surface area contributed by atoms with Crippen LogP contribution in [0, 0.1) is 10.1 Å². The Balaban J connectivity index is 3.28. The van der Waals surface area contributed by atoms with Gasteiger partial charge in [0.2, 0.25) is 0 Å². The van der Waals surface area contributed by atoms with Crippen molar-refractivity contribution in [1.82, 2.24) is 0 Å². The molecule has 0 amide bonds. The molecule has 0 radical (unpaired) electrons. The average molecular weight is 336 g/mol. The van der Waals surface area contributed by atoms with E-state index >= 15 is 0 Å². The van der Waals surface area contributed by atoms with E-state index in [9.17, 15) is 23.3 Å². The highest BCUT2D eigenvalue weighted by atomic mass is 79.9. The number of alkyl halides is 1. The third kappa shape index (κ3) is 2.75. The van der Waals surface area contributed by atoms with E-state index < -0.39 is 24.2 Å². The number of Topliss-reactive ketones (excluding diaryl/α,β-unsaturated/α-hetero) is 1. The molecule has 0 bridgehead atoms. The van der Waals surface area contributed by atoms with E-state index in [-0.39, 0.29) is 11.3 Å². The smallest absolute Gasteiger partial charge is 0.270 e. The molecule has 0 aliphatic rings. The van der Waals surface area contributed by atoms with Crippen LogP contribution in [0.25, 0.3) is 0 Å². The van der Waals surface area contributed by atoms with Crippen LogP contribution in [-0.4, -0.2) is 29.0 Å². The number of halogens is 1. The summed E-state index contributed by atoms with van der Waals surface area (Å²) in [7, 11) is -3.69. The first-order valence-electron chi connectivity index (χ1n) is 4.75. The lowest BCUT2D eigenvalue weighted by molar-refractivity contribution is -0.384. The van der Waals surface area contributed by atoms with Gasteiger partial charge in [-0.05, 0) is 6.92 Å². The third-order valence-electron chi connectivity index (χ3n) is 2.42. The molecule has 0 heterocycles. The summed E-state index contributed by atoms with van der Waals surface area (Å²) < 4.78 is 21.2. The Morgan fingerprint density at radius 2 is 2.00 bits per heavy atom. The number of non-ortho nitro benzene ring substituents is 1. The highest BCUT2D eigenvalue weighted by Crippen LogP contribution is 2.29. The van der Waals surface area contributed by atoms with Crippen molar-refractivity contribution in [3.8, 4) is 0 Å². The standard InChI is InChI=1S/C10H10BrNO5S/c1-10(11,18(2,16)17)9(13)7-4-3-5-8(6-7)12(14)15/h3-6H,1-2H3/t10-/m1/s1. The van der Waals surface area contributed by atoms with Gasteiger partial charge in [-0.1, -0.05) is 28.1 Å². The third-order valence-corrected chi connectivity index (χ3v) is 6.12. The van der Waals surface area contributed by atoms with Gasteiger partial charge in [0.15, 0.2) is 19.3 Å². The molecule has 0 N–H and O–H groups in total. The van der Waals surface area contributed by atoms with Gasteiger partial charge in [0, 0.05) is 24.0 Å². The summed E-state index contributed by atoms with van der Waals surface area (Å²) in [5.74, 6) is -0.742. The number of benzene rings is 1. The van der Waals surface area contributed by atoms with Crippen molar-refractivity contribution >= 4 is 37.2 Å². The number of carbonyl (C=O) groups is 1. The number of nitro groups is 1. The minimum absolute atomic E-state index is 0.0333. The number of hydrogen-bond donors (Lipinski definition) is 0. The van der Waals surface area contributed by atoms with Crippen molar-refractivity contribution in [3.63, 3.8) is 0 Å². The van der Waals surface area contributed by atoms with Crippen LogP contribution in [0.5, 0.6) is 0 Å². The lowest BCUT2D eigenvalue weighted by atomic mass is 10.1. The fourth-order valence-corrected chi connectivity index (χ4v) is 1.87. The quantitative estimate of drug-likeness (QED) is 0.362. The molecule has 1 aromatic rings. The minimum atomic E-state index is -3.69. The van der Waals surface area contributed by atoms with Crippen LogP contribution in [0.2, 0.25) is 0 Å². The number of nitrogens with zero attached hydrogens (tertiary/aromatic N) is 1. The molecular weight excluding hydrogens is 326 g/mol. The fourth-order valence-electron chi connectivity index (χ4n) is 1.19. The summed E-state index contributed by atoms with van der Waals surface area (Å²) >= 11 is 2.86. The maximum Gasteiger partial charge on any atom is 0.270 e.